The van der Waals surface area contributed by atoms with Crippen molar-refractivity contribution < 1.29 is 9.59 Å². The van der Waals surface area contributed by atoms with E-state index in [1.165, 1.54) is 0 Å². The molecule has 5 rings (SSSR count). The minimum Gasteiger partial charge on any atom is -0.339 e. The lowest BCUT2D eigenvalue weighted by Crippen LogP contribution is -2.49. The fourth-order valence-corrected chi connectivity index (χ4v) is 4.43. The van der Waals surface area contributed by atoms with Crippen molar-refractivity contribution in [2.24, 2.45) is 0 Å². The Balaban J connectivity index is 1.30. The van der Waals surface area contributed by atoms with Crippen molar-refractivity contribution in [2.45, 2.75) is 25.8 Å². The van der Waals surface area contributed by atoms with Gasteiger partial charge in [-0.1, -0.05) is 36.4 Å². The van der Waals surface area contributed by atoms with Crippen LogP contribution in [0.1, 0.15) is 30.3 Å². The average Bonchev–Trinajstić information content (AvgIpc) is 3.33. The van der Waals surface area contributed by atoms with E-state index in [0.29, 0.717) is 31.0 Å². The summed E-state index contributed by atoms with van der Waals surface area (Å²) in [6.07, 6.45) is 3.23. The number of benzene rings is 1. The normalized spacial score (nSPS) is 14.1. The number of amides is 3. The summed E-state index contributed by atoms with van der Waals surface area (Å²) in [7, 11) is 0. The van der Waals surface area contributed by atoms with Gasteiger partial charge in [-0.2, -0.15) is 0 Å². The molecule has 4 aromatic rings. The number of hydrogen-bond donors (Lipinski definition) is 3. The molecule has 1 aliphatic rings. The summed E-state index contributed by atoms with van der Waals surface area (Å²) in [6.45, 7) is 3.64. The molecule has 3 aromatic heterocycles. The second-order valence-electron chi connectivity index (χ2n) is 8.69. The van der Waals surface area contributed by atoms with E-state index in [-0.39, 0.29) is 18.0 Å². The van der Waals surface area contributed by atoms with Crippen LogP contribution in [0.15, 0.2) is 66.9 Å². The van der Waals surface area contributed by atoms with Gasteiger partial charge in [0.1, 0.15) is 11.3 Å². The molecule has 8 heteroatoms. The van der Waals surface area contributed by atoms with Crippen molar-refractivity contribution in [3.8, 4) is 22.5 Å². The second kappa shape index (κ2) is 9.97. The van der Waals surface area contributed by atoms with Gasteiger partial charge in [0, 0.05) is 48.5 Å². The Morgan fingerprint density at radius 3 is 2.60 bits per heavy atom. The first kappa shape index (κ1) is 22.6. The molecule has 178 valence electrons. The largest absolute Gasteiger partial charge is 0.339 e. The topological polar surface area (TPSA) is 103 Å². The fraction of sp³-hybridized carbons (Fsp3) is 0.259. The number of rotatable bonds is 5. The van der Waals surface area contributed by atoms with Crippen molar-refractivity contribution >= 4 is 23.0 Å². The van der Waals surface area contributed by atoms with Gasteiger partial charge < -0.3 is 20.5 Å². The smallest absolute Gasteiger partial charge is 0.314 e. The van der Waals surface area contributed by atoms with E-state index < -0.39 is 0 Å². The maximum absolute atomic E-state index is 13.1. The summed E-state index contributed by atoms with van der Waals surface area (Å²) >= 11 is 0. The zero-order chi connectivity index (χ0) is 24.2. The molecule has 0 saturated carbocycles. The molecule has 0 radical (unpaired) electrons. The van der Waals surface area contributed by atoms with Gasteiger partial charge in [-0.3, -0.25) is 4.79 Å². The number of carbonyl (C=O) groups excluding carboxylic acids is 2. The third-order valence-corrected chi connectivity index (χ3v) is 6.27. The molecule has 35 heavy (non-hydrogen) atoms. The SMILES string of the molecule is CCNC(=O)NC1CCN(C(=O)c2cccc(-c3cnc4[nH]c(-c5ccccc5)cc4c3)n2)CC1. The molecule has 1 aliphatic heterocycles. The Labute approximate surface area is 203 Å². The van der Waals surface area contributed by atoms with E-state index in [4.69, 9.17) is 0 Å². The summed E-state index contributed by atoms with van der Waals surface area (Å²) < 4.78 is 0. The Bertz CT molecular complexity index is 1340. The standard InChI is InChI=1S/C27H28N6O2/c1-2-28-27(35)30-21-11-13-33(14-12-21)26(34)23-10-6-9-22(31-23)20-15-19-16-24(32-25(19)29-17-20)18-7-4-3-5-8-18/h3-10,15-17,21H,2,11-14H2,1H3,(H,29,32)(H2,28,30,35). The average molecular weight is 469 g/mol. The first-order valence-corrected chi connectivity index (χ1v) is 12.0. The molecule has 0 aliphatic carbocycles. The Hall–Kier alpha value is -4.20. The van der Waals surface area contributed by atoms with Crippen LogP contribution in [0.5, 0.6) is 0 Å². The van der Waals surface area contributed by atoms with Crippen LogP contribution in [-0.4, -0.2) is 57.5 Å². The number of likely N-dealkylation sites (tertiary alicyclic amines) is 1. The van der Waals surface area contributed by atoms with Gasteiger partial charge >= 0.3 is 6.03 Å². The number of carbonyl (C=O) groups is 2. The number of piperidine rings is 1. The lowest BCUT2D eigenvalue weighted by atomic mass is 10.0. The number of hydrogen-bond acceptors (Lipinski definition) is 4. The lowest BCUT2D eigenvalue weighted by molar-refractivity contribution is 0.0702. The Morgan fingerprint density at radius 2 is 1.83 bits per heavy atom. The van der Waals surface area contributed by atoms with Crippen LogP contribution in [0.3, 0.4) is 0 Å². The highest BCUT2D eigenvalue weighted by Crippen LogP contribution is 2.26. The van der Waals surface area contributed by atoms with Gasteiger partial charge in [0.15, 0.2) is 0 Å². The van der Waals surface area contributed by atoms with Crippen molar-refractivity contribution in [2.75, 3.05) is 19.6 Å². The Kier molecular flexibility index (Phi) is 6.43. The molecule has 0 unspecified atom stereocenters. The molecule has 0 atom stereocenters. The number of aromatic nitrogens is 3. The van der Waals surface area contributed by atoms with Crippen molar-refractivity contribution in [1.82, 2.24) is 30.5 Å². The molecular weight excluding hydrogens is 440 g/mol. The number of H-pyrrole nitrogens is 1. The zero-order valence-corrected chi connectivity index (χ0v) is 19.6. The molecule has 4 heterocycles. The van der Waals surface area contributed by atoms with E-state index in [0.717, 1.165) is 40.7 Å². The zero-order valence-electron chi connectivity index (χ0n) is 19.6. The second-order valence-corrected chi connectivity index (χ2v) is 8.69. The molecule has 8 nitrogen and oxygen atoms in total. The predicted octanol–water partition coefficient (Wildman–Crippen LogP) is 4.22. The van der Waals surface area contributed by atoms with Gasteiger partial charge in [-0.05, 0) is 49.6 Å². The van der Waals surface area contributed by atoms with Gasteiger partial charge in [0.05, 0.1) is 5.69 Å². The monoisotopic (exact) mass is 468 g/mol. The summed E-state index contributed by atoms with van der Waals surface area (Å²) in [5.74, 6) is -0.0923. The highest BCUT2D eigenvalue weighted by molar-refractivity contribution is 5.93. The highest BCUT2D eigenvalue weighted by atomic mass is 16.2. The van der Waals surface area contributed by atoms with Crippen molar-refractivity contribution in [3.63, 3.8) is 0 Å². The van der Waals surface area contributed by atoms with E-state index in [2.05, 4.69) is 43.8 Å². The first-order chi connectivity index (χ1) is 17.1. The summed E-state index contributed by atoms with van der Waals surface area (Å²) in [6, 6.07) is 19.7. The maximum atomic E-state index is 13.1. The molecule has 3 N–H and O–H groups in total. The number of urea groups is 1. The molecule has 0 bridgehead atoms. The van der Waals surface area contributed by atoms with Crippen LogP contribution in [0.25, 0.3) is 33.5 Å². The Morgan fingerprint density at radius 1 is 1.03 bits per heavy atom. The van der Waals surface area contributed by atoms with E-state index in [1.54, 1.807) is 12.3 Å². The van der Waals surface area contributed by atoms with Crippen molar-refractivity contribution in [3.05, 3.63) is 72.6 Å². The number of nitrogens with one attached hydrogen (secondary N) is 3. The maximum Gasteiger partial charge on any atom is 0.314 e. The lowest BCUT2D eigenvalue weighted by Gasteiger charge is -2.32. The summed E-state index contributed by atoms with van der Waals surface area (Å²) in [5, 5.41) is 6.70. The minimum absolute atomic E-state index is 0.0739. The van der Waals surface area contributed by atoms with Gasteiger partial charge in [0.25, 0.3) is 5.91 Å². The van der Waals surface area contributed by atoms with Crippen molar-refractivity contribution in [1.29, 1.82) is 0 Å². The molecule has 3 amide bonds. The minimum atomic E-state index is -0.157. The van der Waals surface area contributed by atoms with Crippen LogP contribution < -0.4 is 10.6 Å². The number of aromatic amines is 1. The van der Waals surface area contributed by atoms with E-state index in [9.17, 15) is 9.59 Å². The van der Waals surface area contributed by atoms with Crippen LogP contribution in [-0.2, 0) is 0 Å². The number of fused-ring (bicyclic) bond motifs is 1. The van der Waals surface area contributed by atoms with Gasteiger partial charge in [0.2, 0.25) is 0 Å². The quantitative estimate of drug-likeness (QED) is 0.408. The predicted molar refractivity (Wildman–Crippen MR) is 136 cm³/mol. The van der Waals surface area contributed by atoms with Crippen LogP contribution in [0, 0.1) is 0 Å². The molecule has 1 aromatic carbocycles. The summed E-state index contributed by atoms with van der Waals surface area (Å²) in [5.41, 5.74) is 4.90. The molecular formula is C27H28N6O2. The van der Waals surface area contributed by atoms with Gasteiger partial charge in [-0.15, -0.1) is 0 Å². The fourth-order valence-electron chi connectivity index (χ4n) is 4.43. The van der Waals surface area contributed by atoms with Gasteiger partial charge in [-0.25, -0.2) is 14.8 Å². The molecule has 1 saturated heterocycles. The van der Waals surface area contributed by atoms with Crippen LogP contribution >= 0.6 is 0 Å². The van der Waals surface area contributed by atoms with Crippen LogP contribution in [0.4, 0.5) is 4.79 Å². The molecule has 1 fully saturated rings. The number of nitrogens with zero attached hydrogens (tertiary/aromatic N) is 3. The third kappa shape index (κ3) is 5.01. The first-order valence-electron chi connectivity index (χ1n) is 12.0. The molecule has 0 spiro atoms. The summed E-state index contributed by atoms with van der Waals surface area (Å²) in [4.78, 5) is 39.3. The van der Waals surface area contributed by atoms with E-state index >= 15 is 0 Å². The highest BCUT2D eigenvalue weighted by Gasteiger charge is 2.25. The van der Waals surface area contributed by atoms with E-state index in [1.807, 2.05) is 48.2 Å². The third-order valence-electron chi connectivity index (χ3n) is 6.27. The number of pyridine rings is 2. The van der Waals surface area contributed by atoms with Crippen LogP contribution in [0.2, 0.25) is 0 Å².